The summed E-state index contributed by atoms with van der Waals surface area (Å²) in [5.74, 6) is -0.544. The first-order chi connectivity index (χ1) is 7.58. The summed E-state index contributed by atoms with van der Waals surface area (Å²) in [7, 11) is 1.64. The molecule has 1 aromatic carbocycles. The van der Waals surface area contributed by atoms with Crippen LogP contribution in [0.3, 0.4) is 0 Å². The van der Waals surface area contributed by atoms with Gasteiger partial charge in [0.15, 0.2) is 0 Å². The van der Waals surface area contributed by atoms with Crippen molar-refractivity contribution in [1.29, 1.82) is 0 Å². The minimum absolute atomic E-state index is 0.201. The Morgan fingerprint density at radius 2 is 2.00 bits per heavy atom. The lowest BCUT2D eigenvalue weighted by molar-refractivity contribution is 0.0200. The highest BCUT2D eigenvalue weighted by Crippen LogP contribution is 2.19. The first-order valence-electron chi connectivity index (χ1n) is 4.99. The van der Waals surface area contributed by atoms with Crippen molar-refractivity contribution in [2.24, 2.45) is 0 Å². The number of halogens is 1. The monoisotopic (exact) mass is 229 g/mol. The van der Waals surface area contributed by atoms with E-state index in [0.29, 0.717) is 5.56 Å². The van der Waals surface area contributed by atoms with E-state index in [9.17, 15) is 14.6 Å². The van der Waals surface area contributed by atoms with Crippen LogP contribution in [0.15, 0.2) is 18.2 Å². The van der Waals surface area contributed by atoms with E-state index in [2.05, 4.69) is 5.32 Å². The average molecular weight is 229 g/mol. The van der Waals surface area contributed by atoms with Gasteiger partial charge in [0.25, 0.3) is 0 Å². The van der Waals surface area contributed by atoms with Gasteiger partial charge in [-0.2, -0.15) is 0 Å². The summed E-state index contributed by atoms with van der Waals surface area (Å²) < 4.78 is 13.1. The Labute approximate surface area is 93.4 Å². The number of nitrogens with one attached hydrogen (secondary N) is 1. The minimum atomic E-state index is -1.17. The van der Waals surface area contributed by atoms with Gasteiger partial charge in [-0.05, 0) is 30.3 Å². The lowest BCUT2D eigenvalue weighted by Gasteiger charge is -2.18. The fraction of sp³-hybridized carbons (Fsp3) is 0.455. The van der Waals surface area contributed by atoms with Crippen LogP contribution in [0.5, 0.6) is 0 Å². The van der Waals surface area contributed by atoms with Gasteiger partial charge in [0.2, 0.25) is 0 Å². The number of likely N-dealkylation sites (N-methyl/N-ethyl adjacent to an activating group) is 1. The van der Waals surface area contributed by atoms with E-state index < -0.39 is 18.0 Å². The van der Waals surface area contributed by atoms with E-state index in [1.807, 2.05) is 0 Å². The lowest BCUT2D eigenvalue weighted by Crippen LogP contribution is -2.29. The molecular formula is C11H16FNO3. The smallest absolute Gasteiger partial charge is 0.123 e. The quantitative estimate of drug-likeness (QED) is 0.570. The summed E-state index contributed by atoms with van der Waals surface area (Å²) in [5, 5.41) is 30.8. The van der Waals surface area contributed by atoms with Crippen LogP contribution >= 0.6 is 0 Å². The topological polar surface area (TPSA) is 72.7 Å². The molecule has 4 nitrogen and oxygen atoms in total. The van der Waals surface area contributed by atoms with Gasteiger partial charge in [0, 0.05) is 6.54 Å². The number of aliphatic hydroxyl groups is 3. The third-order valence-corrected chi connectivity index (χ3v) is 2.28. The van der Waals surface area contributed by atoms with Gasteiger partial charge >= 0.3 is 0 Å². The average Bonchev–Trinajstić information content (AvgIpc) is 2.27. The number of hydrogen-bond donors (Lipinski definition) is 4. The van der Waals surface area contributed by atoms with Crippen LogP contribution in [0.1, 0.15) is 17.2 Å². The van der Waals surface area contributed by atoms with Crippen LogP contribution in [0.2, 0.25) is 0 Å². The highest BCUT2D eigenvalue weighted by Gasteiger charge is 2.18. The van der Waals surface area contributed by atoms with Crippen molar-refractivity contribution in [2.45, 2.75) is 18.8 Å². The first-order valence-corrected chi connectivity index (χ1v) is 4.99. The summed E-state index contributed by atoms with van der Waals surface area (Å²) in [6.07, 6.45) is -2.19. The van der Waals surface area contributed by atoms with E-state index in [1.54, 1.807) is 7.05 Å². The second-order valence-corrected chi connectivity index (χ2v) is 3.62. The van der Waals surface area contributed by atoms with E-state index >= 15 is 0 Å². The Morgan fingerprint density at radius 3 is 2.56 bits per heavy atom. The molecule has 0 radical (unpaired) electrons. The van der Waals surface area contributed by atoms with Crippen LogP contribution in [0, 0.1) is 5.82 Å². The van der Waals surface area contributed by atoms with E-state index in [0.717, 1.165) is 6.07 Å². The molecule has 0 saturated heterocycles. The Kier molecular flexibility index (Phi) is 4.82. The highest BCUT2D eigenvalue weighted by atomic mass is 19.1. The van der Waals surface area contributed by atoms with Crippen molar-refractivity contribution in [3.05, 3.63) is 35.1 Å². The molecule has 4 N–H and O–H groups in total. The molecule has 0 aromatic heterocycles. The standard InChI is InChI=1S/C11H16FNO3/c1-13-5-10(15)11(16)8-2-7(6-14)3-9(12)4-8/h2-4,10-11,13-16H,5-6H2,1H3. The maximum Gasteiger partial charge on any atom is 0.123 e. The van der Waals surface area contributed by atoms with Gasteiger partial charge < -0.3 is 20.6 Å². The molecule has 5 heteroatoms. The number of benzene rings is 1. The summed E-state index contributed by atoms with van der Waals surface area (Å²) in [4.78, 5) is 0. The molecule has 1 aromatic rings. The Hall–Kier alpha value is -1.01. The molecule has 2 atom stereocenters. The summed E-state index contributed by atoms with van der Waals surface area (Å²) in [6, 6.07) is 3.79. The second-order valence-electron chi connectivity index (χ2n) is 3.62. The van der Waals surface area contributed by atoms with Gasteiger partial charge in [0.1, 0.15) is 11.9 Å². The summed E-state index contributed by atoms with van der Waals surface area (Å²) >= 11 is 0. The zero-order chi connectivity index (χ0) is 12.1. The first kappa shape index (κ1) is 13.1. The molecule has 0 aliphatic rings. The van der Waals surface area contributed by atoms with Crippen molar-refractivity contribution in [1.82, 2.24) is 5.32 Å². The molecule has 0 aliphatic heterocycles. The minimum Gasteiger partial charge on any atom is -0.392 e. The molecule has 16 heavy (non-hydrogen) atoms. The number of rotatable bonds is 5. The highest BCUT2D eigenvalue weighted by molar-refractivity contribution is 5.26. The van der Waals surface area contributed by atoms with Crippen LogP contribution in [-0.2, 0) is 6.61 Å². The van der Waals surface area contributed by atoms with Crippen molar-refractivity contribution in [2.75, 3.05) is 13.6 Å². The van der Waals surface area contributed by atoms with Crippen LogP contribution < -0.4 is 5.32 Å². The molecule has 0 heterocycles. The molecule has 0 saturated carbocycles. The fourth-order valence-corrected chi connectivity index (χ4v) is 1.48. The summed E-state index contributed by atoms with van der Waals surface area (Å²) in [6.45, 7) is -0.105. The maximum atomic E-state index is 13.1. The zero-order valence-corrected chi connectivity index (χ0v) is 9.02. The van der Waals surface area contributed by atoms with Crippen LogP contribution in [-0.4, -0.2) is 35.0 Å². The van der Waals surface area contributed by atoms with Gasteiger partial charge in [-0.1, -0.05) is 6.07 Å². The third-order valence-electron chi connectivity index (χ3n) is 2.28. The third kappa shape index (κ3) is 3.24. The van der Waals surface area contributed by atoms with Crippen molar-refractivity contribution >= 4 is 0 Å². The van der Waals surface area contributed by atoms with Crippen molar-refractivity contribution in [3.63, 3.8) is 0 Å². The molecule has 0 bridgehead atoms. The molecule has 0 aliphatic carbocycles. The van der Waals surface area contributed by atoms with Gasteiger partial charge in [-0.25, -0.2) is 4.39 Å². The second kappa shape index (κ2) is 5.91. The predicted molar refractivity (Wildman–Crippen MR) is 57.2 cm³/mol. The van der Waals surface area contributed by atoms with E-state index in [4.69, 9.17) is 5.11 Å². The van der Waals surface area contributed by atoms with E-state index in [-0.39, 0.29) is 18.7 Å². The Balaban J connectivity index is 2.89. The SMILES string of the molecule is CNCC(O)C(O)c1cc(F)cc(CO)c1. The Morgan fingerprint density at radius 1 is 1.31 bits per heavy atom. The molecule has 90 valence electrons. The largest absolute Gasteiger partial charge is 0.392 e. The normalized spacial score (nSPS) is 14.8. The van der Waals surface area contributed by atoms with Crippen molar-refractivity contribution in [3.8, 4) is 0 Å². The molecule has 1 rings (SSSR count). The van der Waals surface area contributed by atoms with Crippen LogP contribution in [0.4, 0.5) is 4.39 Å². The van der Waals surface area contributed by atoms with Crippen molar-refractivity contribution < 1.29 is 19.7 Å². The zero-order valence-electron chi connectivity index (χ0n) is 9.02. The van der Waals surface area contributed by atoms with Gasteiger partial charge in [-0.15, -0.1) is 0 Å². The molecular weight excluding hydrogens is 213 g/mol. The predicted octanol–water partition coefficient (Wildman–Crippen LogP) is -0.0683. The van der Waals surface area contributed by atoms with Gasteiger partial charge in [-0.3, -0.25) is 0 Å². The summed E-state index contributed by atoms with van der Waals surface area (Å²) in [5.41, 5.74) is 0.623. The maximum absolute atomic E-state index is 13.1. The number of aliphatic hydroxyl groups excluding tert-OH is 3. The molecule has 0 fully saturated rings. The fourth-order valence-electron chi connectivity index (χ4n) is 1.48. The van der Waals surface area contributed by atoms with Gasteiger partial charge in [0.05, 0.1) is 12.7 Å². The molecule has 2 unspecified atom stereocenters. The van der Waals surface area contributed by atoms with Crippen LogP contribution in [0.25, 0.3) is 0 Å². The van der Waals surface area contributed by atoms with E-state index in [1.165, 1.54) is 12.1 Å². The number of hydrogen-bond acceptors (Lipinski definition) is 4. The lowest BCUT2D eigenvalue weighted by atomic mass is 10.0. The molecule has 0 spiro atoms. The molecule has 0 amide bonds. The Bertz CT molecular complexity index is 346.